The van der Waals surface area contributed by atoms with Crippen LogP contribution in [0, 0.1) is 6.92 Å². The van der Waals surface area contributed by atoms with Gasteiger partial charge in [-0.1, -0.05) is 65.3 Å². The van der Waals surface area contributed by atoms with Gasteiger partial charge in [-0.15, -0.1) is 0 Å². The van der Waals surface area contributed by atoms with Crippen LogP contribution in [0.5, 0.6) is 11.5 Å². The molecule has 0 spiro atoms. The molecule has 8 heteroatoms. The fourth-order valence-electron chi connectivity index (χ4n) is 6.14. The number of sulfonamides is 1. The molecule has 37 heavy (non-hydrogen) atoms. The lowest BCUT2D eigenvalue weighted by molar-refractivity contribution is 0.174. The van der Waals surface area contributed by atoms with E-state index in [0.717, 1.165) is 35.5 Å². The highest BCUT2D eigenvalue weighted by Crippen LogP contribution is 2.46. The summed E-state index contributed by atoms with van der Waals surface area (Å²) < 4.78 is 48.1. The van der Waals surface area contributed by atoms with Gasteiger partial charge in [-0.2, -0.15) is 0 Å². The topological polar surface area (TPSA) is 73.9 Å². The highest BCUT2D eigenvalue weighted by Gasteiger charge is 2.48. The van der Waals surface area contributed by atoms with Gasteiger partial charge in [0, 0.05) is 12.3 Å². The minimum absolute atomic E-state index is 0.0599. The SMILES string of the molecule is Cc1ccc(S(=O)(=O)NC2C=C(O[Si](C(C)C)(C(C)C)C(C)C)CC[C@@H]2c2ccc3c(c2)OCO3)cc1. The zero-order chi connectivity index (χ0) is 27.0. The molecule has 1 aliphatic heterocycles. The number of allylic oxidation sites excluding steroid dienone is 1. The lowest BCUT2D eigenvalue weighted by atomic mass is 9.83. The van der Waals surface area contributed by atoms with E-state index in [1.165, 1.54) is 0 Å². The summed E-state index contributed by atoms with van der Waals surface area (Å²) in [6, 6.07) is 12.4. The van der Waals surface area contributed by atoms with E-state index in [1.54, 1.807) is 12.1 Å². The average Bonchev–Trinajstić information content (AvgIpc) is 3.30. The van der Waals surface area contributed by atoms with E-state index in [4.69, 9.17) is 13.9 Å². The second-order valence-electron chi connectivity index (χ2n) is 11.3. The number of benzene rings is 2. The maximum absolute atomic E-state index is 13.5. The highest BCUT2D eigenvalue weighted by molar-refractivity contribution is 7.89. The Morgan fingerprint density at radius 3 is 2.16 bits per heavy atom. The van der Waals surface area contributed by atoms with Gasteiger partial charge in [-0.25, -0.2) is 13.1 Å². The van der Waals surface area contributed by atoms with Gasteiger partial charge < -0.3 is 13.9 Å². The molecule has 1 unspecified atom stereocenters. The monoisotopic (exact) mass is 543 g/mol. The van der Waals surface area contributed by atoms with Crippen LogP contribution in [0.15, 0.2) is 59.2 Å². The third kappa shape index (κ3) is 5.61. The summed E-state index contributed by atoms with van der Waals surface area (Å²) in [6.45, 7) is 15.8. The fourth-order valence-corrected chi connectivity index (χ4v) is 12.7. The number of hydrogen-bond donors (Lipinski definition) is 1. The van der Waals surface area contributed by atoms with Crippen molar-refractivity contribution < 1.29 is 22.3 Å². The van der Waals surface area contributed by atoms with Crippen molar-refractivity contribution in [2.24, 2.45) is 0 Å². The van der Waals surface area contributed by atoms with Crippen LogP contribution in [0.25, 0.3) is 0 Å². The highest BCUT2D eigenvalue weighted by atomic mass is 32.2. The second kappa shape index (κ2) is 10.8. The number of fused-ring (bicyclic) bond motifs is 1. The van der Waals surface area contributed by atoms with Crippen LogP contribution in [0.3, 0.4) is 0 Å². The number of rotatable bonds is 9. The van der Waals surface area contributed by atoms with Crippen molar-refractivity contribution in [3.63, 3.8) is 0 Å². The van der Waals surface area contributed by atoms with E-state index >= 15 is 0 Å². The molecule has 0 saturated heterocycles. The number of hydrogen-bond acceptors (Lipinski definition) is 5. The molecule has 2 aromatic carbocycles. The van der Waals surface area contributed by atoms with Crippen molar-refractivity contribution in [3.8, 4) is 11.5 Å². The van der Waals surface area contributed by atoms with Crippen LogP contribution in [-0.2, 0) is 14.4 Å². The van der Waals surface area contributed by atoms with Crippen molar-refractivity contribution >= 4 is 18.3 Å². The minimum atomic E-state index is -3.74. The average molecular weight is 544 g/mol. The predicted molar refractivity (Wildman–Crippen MR) is 150 cm³/mol. The molecule has 1 heterocycles. The molecule has 4 rings (SSSR count). The Bertz CT molecular complexity index is 1220. The van der Waals surface area contributed by atoms with Gasteiger partial charge >= 0.3 is 0 Å². The normalized spacial score (nSPS) is 20.0. The first-order valence-electron chi connectivity index (χ1n) is 13.3. The first-order valence-corrected chi connectivity index (χ1v) is 16.9. The maximum atomic E-state index is 13.5. The third-order valence-corrected chi connectivity index (χ3v) is 15.5. The van der Waals surface area contributed by atoms with Gasteiger partial charge in [0.15, 0.2) is 11.5 Å². The number of ether oxygens (including phenoxy) is 2. The van der Waals surface area contributed by atoms with E-state index in [2.05, 4.69) is 46.3 Å². The Morgan fingerprint density at radius 1 is 0.919 bits per heavy atom. The minimum Gasteiger partial charge on any atom is -0.546 e. The standard InChI is InChI=1S/C29H41NO5SSi/c1-19(2)37(20(3)4,21(5)6)35-24-11-14-26(23-10-15-28-29(16-23)34-18-33-28)27(17-24)30-36(31,32)25-12-8-22(7)9-13-25/h8-10,12-13,15-17,19-21,26-27,30H,11,14,18H2,1-7H3/t26-,27?/m1/s1. The molecule has 0 fully saturated rings. The van der Waals surface area contributed by atoms with Crippen molar-refractivity contribution in [2.75, 3.05) is 6.79 Å². The van der Waals surface area contributed by atoms with E-state index in [0.29, 0.717) is 22.4 Å². The first-order chi connectivity index (χ1) is 17.4. The molecule has 202 valence electrons. The zero-order valence-electron chi connectivity index (χ0n) is 23.1. The van der Waals surface area contributed by atoms with E-state index < -0.39 is 24.4 Å². The Labute approximate surface area is 223 Å². The molecular formula is C29H41NO5SSi. The number of aryl methyl sites for hydroxylation is 1. The molecule has 0 amide bonds. The number of nitrogens with one attached hydrogen (secondary N) is 1. The van der Waals surface area contributed by atoms with E-state index in [-0.39, 0.29) is 17.6 Å². The molecular weight excluding hydrogens is 502 g/mol. The fraction of sp³-hybridized carbons (Fsp3) is 0.517. The summed E-state index contributed by atoms with van der Waals surface area (Å²) in [5.74, 6) is 2.28. The van der Waals surface area contributed by atoms with Crippen LogP contribution in [0.1, 0.15) is 71.4 Å². The van der Waals surface area contributed by atoms with Crippen LogP contribution in [0.4, 0.5) is 0 Å². The first kappa shape index (κ1) is 27.7. The Hall–Kier alpha value is -2.29. The summed E-state index contributed by atoms with van der Waals surface area (Å²) in [5.41, 5.74) is 3.34. The molecule has 0 radical (unpaired) electrons. The summed E-state index contributed by atoms with van der Waals surface area (Å²) in [4.78, 5) is 0.263. The molecule has 2 aromatic rings. The quantitative estimate of drug-likeness (QED) is 0.344. The second-order valence-corrected chi connectivity index (χ2v) is 18.4. The van der Waals surface area contributed by atoms with Gasteiger partial charge in [-0.3, -0.25) is 0 Å². The van der Waals surface area contributed by atoms with E-state index in [1.807, 2.05) is 43.3 Å². The summed E-state index contributed by atoms with van der Waals surface area (Å²) in [6.07, 6.45) is 3.56. The molecule has 1 aliphatic carbocycles. The van der Waals surface area contributed by atoms with Crippen LogP contribution < -0.4 is 14.2 Å². The predicted octanol–water partition coefficient (Wildman–Crippen LogP) is 7.02. The van der Waals surface area contributed by atoms with Crippen molar-refractivity contribution in [1.82, 2.24) is 4.72 Å². The van der Waals surface area contributed by atoms with Crippen LogP contribution in [0.2, 0.25) is 16.6 Å². The van der Waals surface area contributed by atoms with Crippen molar-refractivity contribution in [1.29, 1.82) is 0 Å². The molecule has 2 aliphatic rings. The molecule has 6 nitrogen and oxygen atoms in total. The molecule has 1 N–H and O–H groups in total. The largest absolute Gasteiger partial charge is 0.546 e. The Morgan fingerprint density at radius 2 is 1.54 bits per heavy atom. The van der Waals surface area contributed by atoms with Gasteiger partial charge in [0.25, 0.3) is 8.32 Å². The smallest absolute Gasteiger partial charge is 0.258 e. The Balaban J connectivity index is 1.72. The van der Waals surface area contributed by atoms with E-state index in [9.17, 15) is 8.42 Å². The molecule has 2 atom stereocenters. The summed E-state index contributed by atoms with van der Waals surface area (Å²) >= 11 is 0. The zero-order valence-corrected chi connectivity index (χ0v) is 24.9. The van der Waals surface area contributed by atoms with Gasteiger partial charge in [0.2, 0.25) is 16.8 Å². The van der Waals surface area contributed by atoms with Gasteiger partial charge in [0.1, 0.15) is 0 Å². The van der Waals surface area contributed by atoms with Crippen LogP contribution >= 0.6 is 0 Å². The third-order valence-electron chi connectivity index (χ3n) is 7.96. The lowest BCUT2D eigenvalue weighted by Gasteiger charge is -2.44. The molecule has 0 aromatic heterocycles. The summed E-state index contributed by atoms with van der Waals surface area (Å²) in [5, 5.41) is 0. The summed E-state index contributed by atoms with van der Waals surface area (Å²) in [7, 11) is -5.91. The van der Waals surface area contributed by atoms with Crippen molar-refractivity contribution in [2.45, 2.75) is 94.8 Å². The van der Waals surface area contributed by atoms with Crippen LogP contribution in [-0.4, -0.2) is 29.6 Å². The molecule has 0 saturated carbocycles. The Kier molecular flexibility index (Phi) is 8.12. The van der Waals surface area contributed by atoms with Gasteiger partial charge in [0.05, 0.1) is 16.7 Å². The van der Waals surface area contributed by atoms with Crippen molar-refractivity contribution in [3.05, 3.63) is 65.4 Å². The lowest BCUT2D eigenvalue weighted by Crippen LogP contribution is -2.48. The molecule has 0 bridgehead atoms. The maximum Gasteiger partial charge on any atom is 0.258 e. The van der Waals surface area contributed by atoms with Gasteiger partial charge in [-0.05, 0) is 65.9 Å².